The first-order chi connectivity index (χ1) is 11.1. The third-order valence-electron chi connectivity index (χ3n) is 3.50. The Hall–Kier alpha value is -1.10. The molecule has 5 nitrogen and oxygen atoms in total. The molecule has 0 radical (unpaired) electrons. The van der Waals surface area contributed by atoms with Gasteiger partial charge in [-0.25, -0.2) is 0 Å². The van der Waals surface area contributed by atoms with Crippen LogP contribution in [0.4, 0.5) is 0 Å². The maximum atomic E-state index is 10.4. The van der Waals surface area contributed by atoms with Gasteiger partial charge in [-0.15, -0.1) is 0 Å². The molecule has 0 amide bonds. The van der Waals surface area contributed by atoms with Crippen molar-refractivity contribution in [2.24, 2.45) is 0 Å². The molecule has 1 N–H and O–H groups in total. The monoisotopic (exact) mass is 332 g/mol. The van der Waals surface area contributed by atoms with Crippen LogP contribution in [-0.4, -0.2) is 37.9 Å². The van der Waals surface area contributed by atoms with Crippen molar-refractivity contribution in [2.75, 3.05) is 20.8 Å². The lowest BCUT2D eigenvalue weighted by Gasteiger charge is -2.00. The lowest BCUT2D eigenvalue weighted by Crippen LogP contribution is -2.06. The van der Waals surface area contributed by atoms with Gasteiger partial charge >= 0.3 is 11.9 Å². The first kappa shape index (κ1) is 24.2. The van der Waals surface area contributed by atoms with Crippen LogP contribution in [0.5, 0.6) is 0 Å². The number of hydrogen-bond donors (Lipinski definition) is 1. The van der Waals surface area contributed by atoms with Crippen molar-refractivity contribution in [1.29, 1.82) is 0 Å². The minimum Gasteiger partial charge on any atom is -0.469 e. The summed E-state index contributed by atoms with van der Waals surface area (Å²) in [6.45, 7) is 2.63. The first-order valence-electron chi connectivity index (χ1n) is 8.86. The second kappa shape index (κ2) is 20.9. The minimum absolute atomic E-state index is 0.0865. The lowest BCUT2D eigenvalue weighted by molar-refractivity contribution is -0.147. The van der Waals surface area contributed by atoms with Crippen LogP contribution >= 0.6 is 0 Å². The third-order valence-corrected chi connectivity index (χ3v) is 3.50. The third kappa shape index (κ3) is 23.3. The average molecular weight is 332 g/mol. The number of esters is 2. The molecule has 0 unspecified atom stereocenters. The number of ether oxygens (including phenoxy) is 2. The summed E-state index contributed by atoms with van der Waals surface area (Å²) in [6.07, 6.45) is 13.5. The summed E-state index contributed by atoms with van der Waals surface area (Å²) in [5.41, 5.74) is 0. The molecule has 23 heavy (non-hydrogen) atoms. The van der Waals surface area contributed by atoms with Crippen molar-refractivity contribution in [3.8, 4) is 0 Å². The summed E-state index contributed by atoms with van der Waals surface area (Å²) in [4.78, 5) is 20.8. The summed E-state index contributed by atoms with van der Waals surface area (Å²) in [5, 5.41) is 8.57. The Kier molecular flexibility index (Phi) is 22.0. The average Bonchev–Trinajstić information content (AvgIpc) is 2.58. The quantitative estimate of drug-likeness (QED) is 0.407. The van der Waals surface area contributed by atoms with Gasteiger partial charge in [0, 0.05) is 6.61 Å². The number of carbonyl (C=O) groups is 2. The van der Waals surface area contributed by atoms with Gasteiger partial charge in [-0.2, -0.15) is 0 Å². The van der Waals surface area contributed by atoms with Gasteiger partial charge in [0.05, 0.1) is 27.1 Å². The Labute approximate surface area is 141 Å². The molecule has 0 saturated carbocycles. The van der Waals surface area contributed by atoms with Gasteiger partial charge in [0.25, 0.3) is 0 Å². The first-order valence-corrected chi connectivity index (χ1v) is 8.86. The van der Waals surface area contributed by atoms with Crippen molar-refractivity contribution >= 4 is 11.9 Å². The Morgan fingerprint density at radius 3 is 1.35 bits per heavy atom. The second-order valence-electron chi connectivity index (χ2n) is 5.56. The maximum absolute atomic E-state index is 10.4. The zero-order chi connectivity index (χ0) is 17.8. The molecule has 0 spiro atoms. The molecule has 0 heterocycles. The van der Waals surface area contributed by atoms with Crippen LogP contribution in [0.25, 0.3) is 0 Å². The number of carbonyl (C=O) groups excluding carboxylic acids is 2. The van der Waals surface area contributed by atoms with Crippen LogP contribution in [0, 0.1) is 0 Å². The maximum Gasteiger partial charge on any atom is 0.306 e. The van der Waals surface area contributed by atoms with Gasteiger partial charge in [-0.3, -0.25) is 9.59 Å². The van der Waals surface area contributed by atoms with Crippen LogP contribution in [0.2, 0.25) is 0 Å². The molecule has 0 saturated heterocycles. The molecule has 0 fully saturated rings. The molecular weight excluding hydrogens is 296 g/mol. The van der Waals surface area contributed by atoms with Crippen LogP contribution in [0.3, 0.4) is 0 Å². The van der Waals surface area contributed by atoms with Gasteiger partial charge < -0.3 is 14.6 Å². The van der Waals surface area contributed by atoms with Crippen molar-refractivity contribution in [3.05, 3.63) is 0 Å². The van der Waals surface area contributed by atoms with E-state index in [-0.39, 0.29) is 12.8 Å². The number of rotatable bonds is 13. The van der Waals surface area contributed by atoms with E-state index in [0.717, 1.165) is 6.42 Å². The standard InChI is InChI=1S/C12H26O.C6H10O4/c1-2-3-4-5-6-7-8-9-10-11-12-13;1-9-5(7)3-4-6(8)10-2/h13H,2-12H2,1H3;3-4H2,1-2H3. The van der Waals surface area contributed by atoms with E-state index in [4.69, 9.17) is 5.11 Å². The highest BCUT2D eigenvalue weighted by atomic mass is 16.5. The second-order valence-corrected chi connectivity index (χ2v) is 5.56. The van der Waals surface area contributed by atoms with Gasteiger partial charge in [0.2, 0.25) is 0 Å². The van der Waals surface area contributed by atoms with Crippen LogP contribution < -0.4 is 0 Å². The number of hydrogen-bond acceptors (Lipinski definition) is 5. The highest BCUT2D eigenvalue weighted by Gasteiger charge is 2.05. The normalized spacial score (nSPS) is 9.74. The molecule has 0 aliphatic rings. The van der Waals surface area contributed by atoms with E-state index in [9.17, 15) is 9.59 Å². The predicted octanol–water partition coefficient (Wildman–Crippen LogP) is 4.01. The van der Waals surface area contributed by atoms with Crippen LogP contribution in [0.15, 0.2) is 0 Å². The minimum atomic E-state index is -0.398. The van der Waals surface area contributed by atoms with Crippen LogP contribution in [-0.2, 0) is 19.1 Å². The fourth-order valence-corrected chi connectivity index (χ4v) is 2.01. The SMILES string of the molecule is CCCCCCCCCCCCO.COC(=O)CCC(=O)OC. The molecule has 138 valence electrons. The van der Waals surface area contributed by atoms with Crippen molar-refractivity contribution in [3.63, 3.8) is 0 Å². The zero-order valence-electron chi connectivity index (χ0n) is 15.3. The largest absolute Gasteiger partial charge is 0.469 e. The van der Waals surface area contributed by atoms with Gasteiger partial charge in [0.15, 0.2) is 0 Å². The molecule has 0 aromatic rings. The number of unbranched alkanes of at least 4 members (excludes halogenated alkanes) is 9. The highest BCUT2D eigenvalue weighted by molar-refractivity contribution is 5.77. The topological polar surface area (TPSA) is 72.8 Å². The van der Waals surface area contributed by atoms with Crippen molar-refractivity contribution in [2.45, 2.75) is 84.0 Å². The smallest absolute Gasteiger partial charge is 0.306 e. The van der Waals surface area contributed by atoms with E-state index in [1.54, 1.807) is 0 Å². The highest BCUT2D eigenvalue weighted by Crippen LogP contribution is 2.10. The summed E-state index contributed by atoms with van der Waals surface area (Å²) in [7, 11) is 2.55. The van der Waals surface area contributed by atoms with E-state index in [1.165, 1.54) is 72.0 Å². The number of aliphatic hydroxyl groups is 1. The molecule has 0 atom stereocenters. The summed E-state index contributed by atoms with van der Waals surface area (Å²) < 4.78 is 8.60. The van der Waals surface area contributed by atoms with Gasteiger partial charge in [-0.1, -0.05) is 64.7 Å². The molecule has 5 heteroatoms. The number of aliphatic hydroxyl groups excluding tert-OH is 1. The Morgan fingerprint density at radius 2 is 1.04 bits per heavy atom. The number of methoxy groups -OCH3 is 2. The van der Waals surface area contributed by atoms with E-state index in [0.29, 0.717) is 6.61 Å². The van der Waals surface area contributed by atoms with Crippen molar-refractivity contribution in [1.82, 2.24) is 0 Å². The molecule has 0 aromatic heterocycles. The molecule has 0 aromatic carbocycles. The molecule has 0 aliphatic heterocycles. The predicted molar refractivity (Wildman–Crippen MR) is 92.2 cm³/mol. The summed E-state index contributed by atoms with van der Waals surface area (Å²) in [5.74, 6) is -0.796. The Balaban J connectivity index is 0. The van der Waals surface area contributed by atoms with E-state index < -0.39 is 11.9 Å². The lowest BCUT2D eigenvalue weighted by atomic mass is 10.1. The molecule has 0 rings (SSSR count). The van der Waals surface area contributed by atoms with E-state index >= 15 is 0 Å². The molecule has 0 aliphatic carbocycles. The fourth-order valence-electron chi connectivity index (χ4n) is 2.01. The fraction of sp³-hybridized carbons (Fsp3) is 0.889. The van der Waals surface area contributed by atoms with Crippen molar-refractivity contribution < 1.29 is 24.2 Å². The van der Waals surface area contributed by atoms with Gasteiger partial charge in [0.1, 0.15) is 0 Å². The molecular formula is C18H36O5. The molecule has 0 bridgehead atoms. The summed E-state index contributed by atoms with van der Waals surface area (Å²) in [6, 6.07) is 0. The van der Waals surface area contributed by atoms with Crippen LogP contribution in [0.1, 0.15) is 84.0 Å². The Bertz CT molecular complexity index is 240. The zero-order valence-corrected chi connectivity index (χ0v) is 15.3. The van der Waals surface area contributed by atoms with E-state index in [2.05, 4.69) is 16.4 Å². The van der Waals surface area contributed by atoms with Gasteiger partial charge in [-0.05, 0) is 6.42 Å². The summed E-state index contributed by atoms with van der Waals surface area (Å²) >= 11 is 0. The van der Waals surface area contributed by atoms with E-state index in [1.807, 2.05) is 0 Å². The Morgan fingerprint density at radius 1 is 0.696 bits per heavy atom.